The van der Waals surface area contributed by atoms with E-state index in [-0.39, 0.29) is 34.2 Å². The Bertz CT molecular complexity index is 1040. The van der Waals surface area contributed by atoms with Crippen molar-refractivity contribution < 1.29 is 17.9 Å². The first kappa shape index (κ1) is 19.8. The lowest BCUT2D eigenvalue weighted by Crippen LogP contribution is -2.22. The molecule has 0 saturated carbocycles. The molecule has 0 spiro atoms. The number of nitrogens with zero attached hydrogens (tertiary/aromatic N) is 5. The smallest absolute Gasteiger partial charge is 0.321 e. The molecule has 0 aliphatic carbocycles. The summed E-state index contributed by atoms with van der Waals surface area (Å²) in [6.07, 6.45) is -2.23. The molecule has 0 aliphatic heterocycles. The summed E-state index contributed by atoms with van der Waals surface area (Å²) in [6, 6.07) is 4.76. The Morgan fingerprint density at radius 3 is 2.54 bits per heavy atom. The standard InChI is InChI=1S/C18H13ClF3N5O/c1-9-26-14-2-10(6-23)3-16(28-18-24-7-11(19)8-25-18)17(14)15(27-9)4-12(21)13(22)5-20/h2-3,7-8,12-13H,4-5H2,1H3. The molecule has 0 bridgehead atoms. The van der Waals surface area contributed by atoms with Crippen LogP contribution in [0.2, 0.25) is 5.02 Å². The van der Waals surface area contributed by atoms with E-state index in [1.807, 2.05) is 6.07 Å². The summed E-state index contributed by atoms with van der Waals surface area (Å²) in [7, 11) is 0. The predicted octanol–water partition coefficient (Wildman–Crippen LogP) is 4.23. The monoisotopic (exact) mass is 407 g/mol. The molecule has 0 radical (unpaired) electrons. The van der Waals surface area contributed by atoms with E-state index in [4.69, 9.17) is 16.3 Å². The van der Waals surface area contributed by atoms with E-state index in [0.717, 1.165) is 0 Å². The van der Waals surface area contributed by atoms with Gasteiger partial charge in [-0.3, -0.25) is 0 Å². The summed E-state index contributed by atoms with van der Waals surface area (Å²) in [5, 5.41) is 9.82. The normalized spacial score (nSPS) is 13.1. The van der Waals surface area contributed by atoms with Gasteiger partial charge in [0.15, 0.2) is 6.17 Å². The third kappa shape index (κ3) is 4.28. The SMILES string of the molecule is Cc1nc(CC(F)C(F)CF)c2c(Oc3ncc(Cl)cn3)cc(C#N)cc2n1. The molecule has 10 heteroatoms. The third-order valence-corrected chi connectivity index (χ3v) is 4.00. The summed E-state index contributed by atoms with van der Waals surface area (Å²) < 4.78 is 45.6. The number of benzene rings is 1. The number of ether oxygens (including phenoxy) is 1. The number of fused-ring (bicyclic) bond motifs is 1. The molecule has 2 aromatic heterocycles. The highest BCUT2D eigenvalue weighted by Gasteiger charge is 2.24. The quantitative estimate of drug-likeness (QED) is 0.607. The molecule has 3 rings (SSSR count). The largest absolute Gasteiger partial charge is 0.423 e. The summed E-state index contributed by atoms with van der Waals surface area (Å²) in [6.45, 7) is 0.129. The van der Waals surface area contributed by atoms with Crippen molar-refractivity contribution in [2.45, 2.75) is 25.7 Å². The third-order valence-electron chi connectivity index (χ3n) is 3.80. The van der Waals surface area contributed by atoms with Crippen molar-refractivity contribution >= 4 is 22.5 Å². The minimum Gasteiger partial charge on any atom is -0.423 e. The van der Waals surface area contributed by atoms with Gasteiger partial charge in [0.1, 0.15) is 24.4 Å². The molecule has 2 atom stereocenters. The Labute approximate surface area is 163 Å². The van der Waals surface area contributed by atoms with E-state index in [1.54, 1.807) is 6.92 Å². The molecule has 3 aromatic rings. The number of nitriles is 1. The highest BCUT2D eigenvalue weighted by Crippen LogP contribution is 2.33. The van der Waals surface area contributed by atoms with Crippen LogP contribution >= 0.6 is 11.6 Å². The molecular weight excluding hydrogens is 395 g/mol. The second kappa shape index (κ2) is 8.35. The molecule has 6 nitrogen and oxygen atoms in total. The lowest BCUT2D eigenvalue weighted by molar-refractivity contribution is 0.136. The first-order chi connectivity index (χ1) is 13.4. The zero-order valence-electron chi connectivity index (χ0n) is 14.5. The highest BCUT2D eigenvalue weighted by atomic mass is 35.5. The number of aromatic nitrogens is 4. The van der Waals surface area contributed by atoms with Gasteiger partial charge in [-0.05, 0) is 19.1 Å². The van der Waals surface area contributed by atoms with Gasteiger partial charge in [0.25, 0.3) is 0 Å². The second-order valence-corrected chi connectivity index (χ2v) is 6.31. The second-order valence-electron chi connectivity index (χ2n) is 5.87. The van der Waals surface area contributed by atoms with E-state index in [1.165, 1.54) is 24.5 Å². The van der Waals surface area contributed by atoms with Crippen LogP contribution in [-0.2, 0) is 6.42 Å². The maximum absolute atomic E-state index is 14.1. The minimum atomic E-state index is -2.27. The molecular formula is C18H13ClF3N5O. The fourth-order valence-electron chi connectivity index (χ4n) is 2.58. The molecule has 0 amide bonds. The Morgan fingerprint density at radius 1 is 1.18 bits per heavy atom. The van der Waals surface area contributed by atoms with Gasteiger partial charge >= 0.3 is 6.01 Å². The van der Waals surface area contributed by atoms with Crippen LogP contribution in [0.5, 0.6) is 11.8 Å². The fraction of sp³-hybridized carbons (Fsp3) is 0.278. The average Bonchev–Trinajstić information content (AvgIpc) is 2.68. The van der Waals surface area contributed by atoms with E-state index < -0.39 is 25.4 Å². The fourth-order valence-corrected chi connectivity index (χ4v) is 2.68. The zero-order chi connectivity index (χ0) is 20.3. The number of hydrogen-bond acceptors (Lipinski definition) is 6. The van der Waals surface area contributed by atoms with Crippen LogP contribution in [0.3, 0.4) is 0 Å². The van der Waals surface area contributed by atoms with Crippen molar-refractivity contribution in [1.82, 2.24) is 19.9 Å². The van der Waals surface area contributed by atoms with Crippen LogP contribution in [0.25, 0.3) is 10.9 Å². The van der Waals surface area contributed by atoms with Crippen molar-refractivity contribution in [3.63, 3.8) is 0 Å². The van der Waals surface area contributed by atoms with Gasteiger partial charge in [-0.1, -0.05) is 11.6 Å². The molecule has 2 unspecified atom stereocenters. The maximum Gasteiger partial charge on any atom is 0.321 e. The molecule has 2 heterocycles. The first-order valence-electron chi connectivity index (χ1n) is 8.12. The van der Waals surface area contributed by atoms with Gasteiger partial charge in [-0.15, -0.1) is 0 Å². The van der Waals surface area contributed by atoms with Gasteiger partial charge in [0, 0.05) is 6.42 Å². The van der Waals surface area contributed by atoms with Crippen LogP contribution < -0.4 is 4.74 Å². The van der Waals surface area contributed by atoms with Gasteiger partial charge in [0.05, 0.1) is 45.6 Å². The van der Waals surface area contributed by atoms with Gasteiger partial charge < -0.3 is 4.74 Å². The molecule has 0 N–H and O–H groups in total. The van der Waals surface area contributed by atoms with Crippen molar-refractivity contribution in [2.24, 2.45) is 0 Å². The van der Waals surface area contributed by atoms with Gasteiger partial charge in [0.2, 0.25) is 0 Å². The Balaban J connectivity index is 2.14. The van der Waals surface area contributed by atoms with Crippen LogP contribution in [0.4, 0.5) is 13.2 Å². The number of aryl methyl sites for hydroxylation is 1. The van der Waals surface area contributed by atoms with E-state index in [2.05, 4.69) is 19.9 Å². The molecule has 1 aromatic carbocycles. The molecule has 0 aliphatic rings. The summed E-state index contributed by atoms with van der Waals surface area (Å²) in [4.78, 5) is 16.2. The Morgan fingerprint density at radius 2 is 1.89 bits per heavy atom. The number of halogens is 4. The summed E-state index contributed by atoms with van der Waals surface area (Å²) in [5.41, 5.74) is 0.650. The minimum absolute atomic E-state index is 0.0729. The van der Waals surface area contributed by atoms with Gasteiger partial charge in [-0.2, -0.15) is 5.26 Å². The summed E-state index contributed by atoms with van der Waals surface area (Å²) in [5.74, 6) is 0.378. The number of alkyl halides is 3. The summed E-state index contributed by atoms with van der Waals surface area (Å²) >= 11 is 5.75. The van der Waals surface area contributed by atoms with Gasteiger partial charge in [-0.25, -0.2) is 33.1 Å². The van der Waals surface area contributed by atoms with Crippen LogP contribution in [0, 0.1) is 18.3 Å². The maximum atomic E-state index is 14.1. The highest BCUT2D eigenvalue weighted by molar-refractivity contribution is 6.30. The molecule has 28 heavy (non-hydrogen) atoms. The number of rotatable bonds is 6. The van der Waals surface area contributed by atoms with Crippen molar-refractivity contribution in [2.75, 3.05) is 6.67 Å². The van der Waals surface area contributed by atoms with E-state index in [9.17, 15) is 18.4 Å². The van der Waals surface area contributed by atoms with E-state index in [0.29, 0.717) is 10.5 Å². The van der Waals surface area contributed by atoms with Crippen LogP contribution in [0.15, 0.2) is 24.5 Å². The van der Waals surface area contributed by atoms with Crippen molar-refractivity contribution in [3.05, 3.63) is 46.6 Å². The van der Waals surface area contributed by atoms with E-state index >= 15 is 0 Å². The predicted molar refractivity (Wildman–Crippen MR) is 95.6 cm³/mol. The lowest BCUT2D eigenvalue weighted by Gasteiger charge is -2.15. The van der Waals surface area contributed by atoms with Crippen LogP contribution in [0.1, 0.15) is 17.1 Å². The topological polar surface area (TPSA) is 84.6 Å². The Hall–Kier alpha value is -2.99. The van der Waals surface area contributed by atoms with Crippen molar-refractivity contribution in [1.29, 1.82) is 5.26 Å². The first-order valence-corrected chi connectivity index (χ1v) is 8.50. The number of hydrogen-bond donors (Lipinski definition) is 0. The molecule has 0 fully saturated rings. The lowest BCUT2D eigenvalue weighted by atomic mass is 10.0. The van der Waals surface area contributed by atoms with Crippen LogP contribution in [-0.4, -0.2) is 39.0 Å². The molecule has 144 valence electrons. The van der Waals surface area contributed by atoms with Crippen molar-refractivity contribution in [3.8, 4) is 17.8 Å². The average molecular weight is 408 g/mol. The molecule has 0 saturated heterocycles. The zero-order valence-corrected chi connectivity index (χ0v) is 15.3. The Kier molecular flexibility index (Phi) is 5.90.